The fourth-order valence-electron chi connectivity index (χ4n) is 4.65. The lowest BCUT2D eigenvalue weighted by Crippen LogP contribution is -2.46. The summed E-state index contributed by atoms with van der Waals surface area (Å²) >= 11 is 0. The molecule has 2 aliphatic rings. The number of carboxylic acid groups (broad SMARTS) is 1. The summed E-state index contributed by atoms with van der Waals surface area (Å²) in [5.74, 6) is -1.26. The first kappa shape index (κ1) is 23.6. The number of likely N-dealkylation sites (tertiary alicyclic amines) is 1. The van der Waals surface area contributed by atoms with E-state index in [0.29, 0.717) is 13.0 Å². The lowest BCUT2D eigenvalue weighted by Gasteiger charge is -2.28. The smallest absolute Gasteiger partial charge is 0.410 e. The van der Waals surface area contributed by atoms with Gasteiger partial charge in [-0.15, -0.1) is 0 Å². The monoisotopic (exact) mass is 466 g/mol. The van der Waals surface area contributed by atoms with Gasteiger partial charge in [0.2, 0.25) is 0 Å². The number of rotatable bonds is 5. The number of benzene rings is 2. The molecule has 2 amide bonds. The first-order valence-electron chi connectivity index (χ1n) is 11.5. The summed E-state index contributed by atoms with van der Waals surface area (Å²) < 4.78 is 11.1. The summed E-state index contributed by atoms with van der Waals surface area (Å²) in [5.41, 5.74) is 3.76. The predicted octanol–water partition coefficient (Wildman–Crippen LogP) is 4.33. The average Bonchev–Trinajstić information content (AvgIpc) is 3.38. The molecule has 0 spiro atoms. The van der Waals surface area contributed by atoms with E-state index in [2.05, 4.69) is 12.1 Å². The molecule has 1 unspecified atom stereocenters. The van der Waals surface area contributed by atoms with E-state index in [1.807, 2.05) is 36.4 Å². The van der Waals surface area contributed by atoms with Crippen LogP contribution in [0, 0.1) is 0 Å². The lowest BCUT2D eigenvalue weighted by atomic mass is 9.98. The quantitative estimate of drug-likeness (QED) is 0.705. The van der Waals surface area contributed by atoms with Gasteiger partial charge in [0.1, 0.15) is 18.8 Å². The van der Waals surface area contributed by atoms with Crippen molar-refractivity contribution in [3.63, 3.8) is 0 Å². The number of hydrogen-bond donors (Lipinski definition) is 1. The highest BCUT2D eigenvalue weighted by molar-refractivity contribution is 5.80. The number of aliphatic carboxylic acids is 1. The van der Waals surface area contributed by atoms with E-state index in [0.717, 1.165) is 22.3 Å². The van der Waals surface area contributed by atoms with E-state index in [1.165, 1.54) is 9.80 Å². The number of carboxylic acids is 1. The highest BCUT2D eigenvalue weighted by Gasteiger charge is 2.37. The molecule has 0 bridgehead atoms. The molecule has 0 aromatic heterocycles. The normalized spacial score (nSPS) is 17.1. The third kappa shape index (κ3) is 5.00. The van der Waals surface area contributed by atoms with E-state index in [9.17, 15) is 19.5 Å². The maximum absolute atomic E-state index is 13.1. The van der Waals surface area contributed by atoms with Gasteiger partial charge in [-0.3, -0.25) is 9.69 Å². The molecule has 0 saturated carbocycles. The minimum Gasteiger partial charge on any atom is -0.480 e. The molecule has 8 nitrogen and oxygen atoms in total. The Morgan fingerprint density at radius 1 is 1.03 bits per heavy atom. The minimum absolute atomic E-state index is 0.103. The van der Waals surface area contributed by atoms with Crippen LogP contribution < -0.4 is 0 Å². The fraction of sp³-hybridized carbons (Fsp3) is 0.423. The van der Waals surface area contributed by atoms with Crippen molar-refractivity contribution in [1.29, 1.82) is 0 Å². The van der Waals surface area contributed by atoms with E-state index in [-0.39, 0.29) is 19.1 Å². The second-order valence-corrected chi connectivity index (χ2v) is 9.69. The van der Waals surface area contributed by atoms with Crippen LogP contribution in [0.2, 0.25) is 0 Å². The number of fused-ring (bicyclic) bond motifs is 3. The zero-order valence-corrected chi connectivity index (χ0v) is 19.7. The van der Waals surface area contributed by atoms with Crippen molar-refractivity contribution in [3.8, 4) is 11.1 Å². The molecule has 4 rings (SSSR count). The summed E-state index contributed by atoms with van der Waals surface area (Å²) in [6.07, 6.45) is -0.713. The van der Waals surface area contributed by atoms with Gasteiger partial charge in [0.15, 0.2) is 0 Å². The van der Waals surface area contributed by atoms with Gasteiger partial charge in [0, 0.05) is 19.0 Å². The standard InChI is InChI=1S/C26H30N2O6/c1-26(2,3)34-24(31)27-13-12-17(14-27)28(15-23(29)30)25(32)33-16-22-20-10-6-4-8-18(20)19-9-5-7-11-21(19)22/h4-11,17,22H,12-16H2,1-3H3,(H,29,30). The van der Waals surface area contributed by atoms with Crippen molar-refractivity contribution < 1.29 is 29.0 Å². The second-order valence-electron chi connectivity index (χ2n) is 9.69. The molecule has 34 heavy (non-hydrogen) atoms. The Balaban J connectivity index is 1.45. The van der Waals surface area contributed by atoms with Crippen LogP contribution in [-0.2, 0) is 14.3 Å². The molecular formula is C26H30N2O6. The molecule has 1 N–H and O–H groups in total. The fourth-order valence-corrected chi connectivity index (χ4v) is 4.65. The van der Waals surface area contributed by atoms with Gasteiger partial charge in [-0.25, -0.2) is 9.59 Å². The summed E-state index contributed by atoms with van der Waals surface area (Å²) in [5, 5.41) is 9.41. The number of hydrogen-bond acceptors (Lipinski definition) is 5. The number of ether oxygens (including phenoxy) is 2. The van der Waals surface area contributed by atoms with Crippen molar-refractivity contribution in [2.45, 2.75) is 44.8 Å². The molecule has 8 heteroatoms. The van der Waals surface area contributed by atoms with Crippen molar-refractivity contribution in [1.82, 2.24) is 9.80 Å². The van der Waals surface area contributed by atoms with Crippen LogP contribution >= 0.6 is 0 Å². The maximum atomic E-state index is 13.1. The van der Waals surface area contributed by atoms with Gasteiger partial charge in [-0.2, -0.15) is 0 Å². The van der Waals surface area contributed by atoms with Gasteiger partial charge in [0.05, 0.1) is 6.04 Å². The van der Waals surface area contributed by atoms with Crippen LogP contribution in [-0.4, -0.2) is 70.9 Å². The highest BCUT2D eigenvalue weighted by Crippen LogP contribution is 2.44. The molecule has 1 atom stereocenters. The van der Waals surface area contributed by atoms with Crippen LogP contribution in [0.3, 0.4) is 0 Å². The van der Waals surface area contributed by atoms with Gasteiger partial charge >= 0.3 is 18.2 Å². The van der Waals surface area contributed by atoms with Crippen molar-refractivity contribution in [2.24, 2.45) is 0 Å². The molecule has 1 saturated heterocycles. The molecule has 2 aromatic carbocycles. The largest absolute Gasteiger partial charge is 0.480 e. The van der Waals surface area contributed by atoms with E-state index < -0.39 is 36.3 Å². The zero-order valence-electron chi connectivity index (χ0n) is 19.7. The number of carbonyl (C=O) groups is 3. The summed E-state index contributed by atoms with van der Waals surface area (Å²) in [6, 6.07) is 15.6. The Hall–Kier alpha value is -3.55. The zero-order chi connectivity index (χ0) is 24.5. The van der Waals surface area contributed by atoms with Crippen molar-refractivity contribution in [2.75, 3.05) is 26.2 Å². The van der Waals surface area contributed by atoms with Crippen LogP contribution in [0.4, 0.5) is 9.59 Å². The third-order valence-corrected chi connectivity index (χ3v) is 6.13. The Kier molecular flexibility index (Phi) is 6.50. The maximum Gasteiger partial charge on any atom is 0.410 e. The molecule has 1 aliphatic carbocycles. The lowest BCUT2D eigenvalue weighted by molar-refractivity contribution is -0.138. The van der Waals surface area contributed by atoms with Crippen molar-refractivity contribution in [3.05, 3.63) is 59.7 Å². The van der Waals surface area contributed by atoms with Gasteiger partial charge in [-0.05, 0) is 49.4 Å². The molecule has 1 heterocycles. The Morgan fingerprint density at radius 2 is 1.62 bits per heavy atom. The number of nitrogens with zero attached hydrogens (tertiary/aromatic N) is 2. The van der Waals surface area contributed by atoms with Crippen LogP contribution in [0.5, 0.6) is 0 Å². The Bertz CT molecular complexity index is 1050. The molecular weight excluding hydrogens is 436 g/mol. The summed E-state index contributed by atoms with van der Waals surface area (Å²) in [4.78, 5) is 39.7. The number of carbonyl (C=O) groups excluding carboxylic acids is 2. The minimum atomic E-state index is -1.13. The van der Waals surface area contributed by atoms with Gasteiger partial charge in [-0.1, -0.05) is 48.5 Å². The Morgan fingerprint density at radius 3 is 2.18 bits per heavy atom. The number of amides is 2. The predicted molar refractivity (Wildman–Crippen MR) is 126 cm³/mol. The Labute approximate surface area is 199 Å². The first-order valence-corrected chi connectivity index (χ1v) is 11.5. The summed E-state index contributed by atoms with van der Waals surface area (Å²) in [6.45, 7) is 5.54. The van der Waals surface area contributed by atoms with E-state index in [1.54, 1.807) is 20.8 Å². The molecule has 1 fully saturated rings. The average molecular weight is 467 g/mol. The van der Waals surface area contributed by atoms with Crippen LogP contribution in [0.1, 0.15) is 44.2 Å². The van der Waals surface area contributed by atoms with Gasteiger partial charge < -0.3 is 19.5 Å². The SMILES string of the molecule is CC(C)(C)OC(=O)N1CCC(N(CC(=O)O)C(=O)OCC2c3ccccc3-c3ccccc32)C1. The molecule has 2 aromatic rings. The van der Waals surface area contributed by atoms with Crippen LogP contribution in [0.15, 0.2) is 48.5 Å². The van der Waals surface area contributed by atoms with Crippen LogP contribution in [0.25, 0.3) is 11.1 Å². The molecule has 180 valence electrons. The third-order valence-electron chi connectivity index (χ3n) is 6.13. The second kappa shape index (κ2) is 9.37. The first-order chi connectivity index (χ1) is 16.1. The highest BCUT2D eigenvalue weighted by atomic mass is 16.6. The van der Waals surface area contributed by atoms with Crippen molar-refractivity contribution >= 4 is 18.2 Å². The molecule has 0 radical (unpaired) electrons. The summed E-state index contributed by atoms with van der Waals surface area (Å²) in [7, 11) is 0. The topological polar surface area (TPSA) is 96.4 Å². The molecule has 1 aliphatic heterocycles. The van der Waals surface area contributed by atoms with E-state index >= 15 is 0 Å². The van der Waals surface area contributed by atoms with Gasteiger partial charge in [0.25, 0.3) is 0 Å². The van der Waals surface area contributed by atoms with E-state index in [4.69, 9.17) is 9.47 Å².